The highest BCUT2D eigenvalue weighted by Gasteiger charge is 2.35. The molecule has 3 heterocycles. The smallest absolute Gasteiger partial charge is 0.257 e. The summed E-state index contributed by atoms with van der Waals surface area (Å²) in [5.74, 6) is 0.496. The van der Waals surface area contributed by atoms with E-state index in [4.69, 9.17) is 5.10 Å². The van der Waals surface area contributed by atoms with Gasteiger partial charge in [0.05, 0.1) is 23.6 Å². The molecule has 2 aromatic carbocycles. The summed E-state index contributed by atoms with van der Waals surface area (Å²) in [5, 5.41) is 4.78. The summed E-state index contributed by atoms with van der Waals surface area (Å²) in [6.45, 7) is 3.17. The van der Waals surface area contributed by atoms with Gasteiger partial charge in [0.1, 0.15) is 5.69 Å². The third kappa shape index (κ3) is 4.86. The lowest BCUT2D eigenvalue weighted by atomic mass is 10.1. The number of hydrogen-bond donors (Lipinski definition) is 0. The normalized spacial score (nSPS) is 20.7. The van der Waals surface area contributed by atoms with Crippen LogP contribution >= 0.6 is 0 Å². The van der Waals surface area contributed by atoms with Gasteiger partial charge in [-0.2, -0.15) is 5.10 Å². The molecule has 33 heavy (non-hydrogen) atoms. The molecule has 5 rings (SSSR count). The predicted octanol–water partition coefficient (Wildman–Crippen LogP) is 2.54. The van der Waals surface area contributed by atoms with Crippen LogP contribution in [0.2, 0.25) is 0 Å². The molecule has 2 aliphatic rings. The number of rotatable bonds is 5. The SMILES string of the molecule is O=C(c1cn(Cc2ccccc2)nc1-c1ccccc1)N1CCN([C@H]2CCS(=O)(=O)C2)CC1. The molecule has 7 nitrogen and oxygen atoms in total. The fourth-order valence-corrected chi connectivity index (χ4v) is 6.52. The molecule has 1 amide bonds. The highest BCUT2D eigenvalue weighted by molar-refractivity contribution is 7.91. The van der Waals surface area contributed by atoms with Crippen molar-refractivity contribution in [2.24, 2.45) is 0 Å². The Morgan fingerprint density at radius 2 is 1.61 bits per heavy atom. The number of aromatic nitrogens is 2. The van der Waals surface area contributed by atoms with Gasteiger partial charge in [-0.1, -0.05) is 60.7 Å². The van der Waals surface area contributed by atoms with Crippen molar-refractivity contribution in [1.29, 1.82) is 0 Å². The van der Waals surface area contributed by atoms with Crippen LogP contribution in [0, 0.1) is 0 Å². The molecule has 2 fully saturated rings. The Kier molecular flexibility index (Phi) is 6.03. The van der Waals surface area contributed by atoms with Gasteiger partial charge in [0.2, 0.25) is 0 Å². The maximum absolute atomic E-state index is 13.5. The highest BCUT2D eigenvalue weighted by Crippen LogP contribution is 2.25. The first-order chi connectivity index (χ1) is 16.0. The maximum atomic E-state index is 13.5. The molecule has 0 N–H and O–H groups in total. The number of amides is 1. The van der Waals surface area contributed by atoms with E-state index in [1.165, 1.54) is 0 Å². The minimum atomic E-state index is -2.91. The number of carbonyl (C=O) groups excluding carboxylic acids is 1. The summed E-state index contributed by atoms with van der Waals surface area (Å²) in [4.78, 5) is 17.6. The Balaban J connectivity index is 1.35. The van der Waals surface area contributed by atoms with Gasteiger partial charge >= 0.3 is 0 Å². The number of sulfone groups is 1. The third-order valence-corrected chi connectivity index (χ3v) is 8.30. The lowest BCUT2D eigenvalue weighted by Crippen LogP contribution is -2.52. The van der Waals surface area contributed by atoms with E-state index in [0.29, 0.717) is 50.4 Å². The van der Waals surface area contributed by atoms with Crippen molar-refractivity contribution in [3.05, 3.63) is 78.0 Å². The summed E-state index contributed by atoms with van der Waals surface area (Å²) in [6, 6.07) is 20.0. The molecule has 8 heteroatoms. The van der Waals surface area contributed by atoms with Crippen molar-refractivity contribution in [2.75, 3.05) is 37.7 Å². The zero-order valence-electron chi connectivity index (χ0n) is 18.5. The van der Waals surface area contributed by atoms with E-state index in [0.717, 1.165) is 11.1 Å². The molecule has 0 saturated carbocycles. The number of carbonyl (C=O) groups is 1. The topological polar surface area (TPSA) is 75.5 Å². The second kappa shape index (κ2) is 9.11. The molecule has 0 aliphatic carbocycles. The molecular formula is C25H28N4O3S. The van der Waals surface area contributed by atoms with Gasteiger partial charge in [0.25, 0.3) is 5.91 Å². The van der Waals surface area contributed by atoms with Gasteiger partial charge < -0.3 is 4.90 Å². The summed E-state index contributed by atoms with van der Waals surface area (Å²) >= 11 is 0. The number of nitrogens with zero attached hydrogens (tertiary/aromatic N) is 4. The molecule has 1 atom stereocenters. The lowest BCUT2D eigenvalue weighted by Gasteiger charge is -2.37. The quantitative estimate of drug-likeness (QED) is 0.580. The first kappa shape index (κ1) is 21.9. The largest absolute Gasteiger partial charge is 0.336 e. The first-order valence-corrected chi connectivity index (χ1v) is 13.2. The van der Waals surface area contributed by atoms with Gasteiger partial charge in [0.15, 0.2) is 9.84 Å². The zero-order chi connectivity index (χ0) is 22.8. The van der Waals surface area contributed by atoms with Crippen molar-refractivity contribution < 1.29 is 13.2 Å². The van der Waals surface area contributed by atoms with E-state index in [1.807, 2.05) is 76.4 Å². The second-order valence-electron chi connectivity index (χ2n) is 8.83. The van der Waals surface area contributed by atoms with Gasteiger partial charge in [-0.3, -0.25) is 14.4 Å². The summed E-state index contributed by atoms with van der Waals surface area (Å²) in [6.07, 6.45) is 2.55. The summed E-state index contributed by atoms with van der Waals surface area (Å²) < 4.78 is 25.5. The van der Waals surface area contributed by atoms with E-state index in [2.05, 4.69) is 4.90 Å². The monoisotopic (exact) mass is 464 g/mol. The molecule has 2 aliphatic heterocycles. The van der Waals surface area contributed by atoms with Crippen molar-refractivity contribution in [1.82, 2.24) is 19.6 Å². The molecular weight excluding hydrogens is 436 g/mol. The number of benzene rings is 2. The van der Waals surface area contributed by atoms with Crippen molar-refractivity contribution in [3.63, 3.8) is 0 Å². The van der Waals surface area contributed by atoms with Crippen LogP contribution in [0.3, 0.4) is 0 Å². The fraction of sp³-hybridized carbons (Fsp3) is 0.360. The van der Waals surface area contributed by atoms with Crippen molar-refractivity contribution >= 4 is 15.7 Å². The Morgan fingerprint density at radius 3 is 2.24 bits per heavy atom. The van der Waals surface area contributed by atoms with Crippen LogP contribution in [0.25, 0.3) is 11.3 Å². The van der Waals surface area contributed by atoms with Gasteiger partial charge in [-0.15, -0.1) is 0 Å². The van der Waals surface area contributed by atoms with Crippen LogP contribution < -0.4 is 0 Å². The number of hydrogen-bond acceptors (Lipinski definition) is 5. The van der Waals surface area contributed by atoms with Crippen molar-refractivity contribution in [3.8, 4) is 11.3 Å². The molecule has 172 valence electrons. The van der Waals surface area contributed by atoms with Crippen LogP contribution in [0.5, 0.6) is 0 Å². The minimum absolute atomic E-state index is 0.0214. The predicted molar refractivity (Wildman–Crippen MR) is 128 cm³/mol. The lowest BCUT2D eigenvalue weighted by molar-refractivity contribution is 0.0588. The Labute approximate surface area is 194 Å². The maximum Gasteiger partial charge on any atom is 0.257 e. The first-order valence-electron chi connectivity index (χ1n) is 11.4. The molecule has 3 aromatic rings. The van der Waals surface area contributed by atoms with E-state index in [9.17, 15) is 13.2 Å². The van der Waals surface area contributed by atoms with Crippen LogP contribution in [0.4, 0.5) is 0 Å². The van der Waals surface area contributed by atoms with Crippen molar-refractivity contribution in [2.45, 2.75) is 19.0 Å². The minimum Gasteiger partial charge on any atom is -0.336 e. The third-order valence-electron chi connectivity index (χ3n) is 6.55. The second-order valence-corrected chi connectivity index (χ2v) is 11.1. The molecule has 0 unspecified atom stereocenters. The standard InChI is InChI=1S/C25H28N4O3S/c30-25(28-14-12-27(13-15-28)22-11-16-33(31,32)19-22)23-18-29(17-20-7-3-1-4-8-20)26-24(23)21-9-5-2-6-10-21/h1-10,18,22H,11-17,19H2/t22-/m0/s1. The fourth-order valence-electron chi connectivity index (χ4n) is 4.76. The molecule has 0 radical (unpaired) electrons. The molecule has 0 bridgehead atoms. The van der Waals surface area contributed by atoms with Gasteiger partial charge in [0, 0.05) is 44.0 Å². The Bertz CT molecular complexity index is 1220. The van der Waals surface area contributed by atoms with Crippen LogP contribution in [0.15, 0.2) is 66.9 Å². The Hall–Kier alpha value is -2.97. The molecule has 0 spiro atoms. The molecule has 1 aromatic heterocycles. The highest BCUT2D eigenvalue weighted by atomic mass is 32.2. The van der Waals surface area contributed by atoms with Gasteiger partial charge in [-0.25, -0.2) is 8.42 Å². The summed E-state index contributed by atoms with van der Waals surface area (Å²) in [5.41, 5.74) is 3.34. The van der Waals surface area contributed by atoms with Gasteiger partial charge in [-0.05, 0) is 12.0 Å². The zero-order valence-corrected chi connectivity index (χ0v) is 19.3. The molecule has 2 saturated heterocycles. The van der Waals surface area contributed by atoms with E-state index in [-0.39, 0.29) is 23.5 Å². The Morgan fingerprint density at radius 1 is 0.939 bits per heavy atom. The van der Waals surface area contributed by atoms with E-state index in [1.54, 1.807) is 0 Å². The van der Waals surface area contributed by atoms with E-state index >= 15 is 0 Å². The van der Waals surface area contributed by atoms with Crippen LogP contribution in [-0.4, -0.2) is 77.6 Å². The summed E-state index contributed by atoms with van der Waals surface area (Å²) in [7, 11) is -2.91. The number of piperazine rings is 1. The average molecular weight is 465 g/mol. The van der Waals surface area contributed by atoms with E-state index < -0.39 is 9.84 Å². The van der Waals surface area contributed by atoms with Crippen LogP contribution in [0.1, 0.15) is 22.3 Å². The average Bonchev–Trinajstić information content (AvgIpc) is 3.43. The van der Waals surface area contributed by atoms with Crippen LogP contribution in [-0.2, 0) is 16.4 Å².